The number of ether oxygens (including phenoxy) is 1. The van der Waals surface area contributed by atoms with Crippen molar-refractivity contribution in [2.24, 2.45) is 7.05 Å². The second-order valence-electron chi connectivity index (χ2n) is 7.26. The number of morpholine rings is 1. The van der Waals surface area contributed by atoms with Crippen LogP contribution in [0.4, 0.5) is 5.82 Å². The summed E-state index contributed by atoms with van der Waals surface area (Å²) in [6.45, 7) is 5.43. The fourth-order valence-electron chi connectivity index (χ4n) is 4.17. The summed E-state index contributed by atoms with van der Waals surface area (Å²) >= 11 is 6.20. The van der Waals surface area contributed by atoms with Gasteiger partial charge >= 0.3 is 0 Å². The van der Waals surface area contributed by atoms with Crippen molar-refractivity contribution in [1.82, 2.24) is 28.7 Å². The number of aromatic nitrogens is 4. The molecule has 146 valence electrons. The molecule has 3 fully saturated rings. The molecule has 0 spiro atoms. The number of aryl methyl sites for hydroxylation is 1. The average molecular weight is 412 g/mol. The van der Waals surface area contributed by atoms with Crippen LogP contribution in [0, 0.1) is 0 Å². The number of likely N-dealkylation sites (tertiary alicyclic amines) is 1. The summed E-state index contributed by atoms with van der Waals surface area (Å²) in [6, 6.07) is 0.894. The summed E-state index contributed by atoms with van der Waals surface area (Å²) in [5, 5.41) is 0.239. The molecule has 3 unspecified atom stereocenters. The summed E-state index contributed by atoms with van der Waals surface area (Å²) in [5.74, 6) is 1.73. The van der Waals surface area contributed by atoms with Gasteiger partial charge in [0.05, 0.1) is 36.8 Å². The molecule has 5 heterocycles. The molecular formula is C16H22ClN7O2S. The van der Waals surface area contributed by atoms with Crippen LogP contribution >= 0.6 is 11.6 Å². The number of imidazole rings is 1. The van der Waals surface area contributed by atoms with E-state index in [0.717, 1.165) is 55.5 Å². The standard InChI is InChI=1S/C16H22ClN7O2S/c1-21-12(9-23-7-11-10(23)8-24(11)27(2)25)18-13-14(21)19-16(17)20-15(13)22-3-5-26-6-4-22/h10-11H,3-9H2,1-2H3. The first-order valence-corrected chi connectivity index (χ1v) is 11.0. The minimum absolute atomic E-state index is 0.239. The lowest BCUT2D eigenvalue weighted by molar-refractivity contribution is -0.0827. The Balaban J connectivity index is 1.41. The highest BCUT2D eigenvalue weighted by molar-refractivity contribution is 7.81. The van der Waals surface area contributed by atoms with Crippen molar-refractivity contribution in [2.45, 2.75) is 18.6 Å². The minimum Gasteiger partial charge on any atom is -0.378 e. The van der Waals surface area contributed by atoms with Crippen LogP contribution in [-0.4, -0.2) is 90.7 Å². The fraction of sp³-hybridized carbons (Fsp3) is 0.688. The number of anilines is 1. The molecule has 2 aromatic rings. The van der Waals surface area contributed by atoms with Gasteiger partial charge in [-0.2, -0.15) is 9.97 Å². The highest BCUT2D eigenvalue weighted by Crippen LogP contribution is 2.36. The Labute approximate surface area is 164 Å². The van der Waals surface area contributed by atoms with Crippen LogP contribution in [0.1, 0.15) is 5.82 Å². The molecule has 3 atom stereocenters. The third kappa shape index (κ3) is 2.85. The second kappa shape index (κ2) is 6.63. The number of fused-ring (bicyclic) bond motifs is 2. The van der Waals surface area contributed by atoms with E-state index in [0.29, 0.717) is 25.3 Å². The summed E-state index contributed by atoms with van der Waals surface area (Å²) in [6.07, 6.45) is 1.75. The molecule has 0 radical (unpaired) electrons. The molecule has 5 rings (SSSR count). The predicted molar refractivity (Wildman–Crippen MR) is 103 cm³/mol. The molecule has 0 saturated carbocycles. The molecule has 0 aromatic carbocycles. The molecule has 9 nitrogen and oxygen atoms in total. The van der Waals surface area contributed by atoms with Gasteiger partial charge in [-0.1, -0.05) is 0 Å². The summed E-state index contributed by atoms with van der Waals surface area (Å²) in [7, 11) is 1.10. The van der Waals surface area contributed by atoms with E-state index in [9.17, 15) is 4.21 Å². The Bertz CT molecular complexity index is 916. The molecule has 0 bridgehead atoms. The van der Waals surface area contributed by atoms with Gasteiger partial charge in [-0.3, -0.25) is 4.90 Å². The first kappa shape index (κ1) is 17.7. The molecule has 0 amide bonds. The van der Waals surface area contributed by atoms with Crippen LogP contribution in [0.2, 0.25) is 5.28 Å². The number of piperazine rings is 1. The van der Waals surface area contributed by atoms with Crippen molar-refractivity contribution in [3.05, 3.63) is 11.1 Å². The Morgan fingerprint density at radius 3 is 2.63 bits per heavy atom. The minimum atomic E-state index is -0.873. The smallest absolute Gasteiger partial charge is 0.226 e. The average Bonchev–Trinajstić information content (AvgIpc) is 2.94. The third-order valence-corrected chi connectivity index (χ3v) is 7.07. The first-order chi connectivity index (χ1) is 13.0. The Morgan fingerprint density at radius 2 is 1.96 bits per heavy atom. The van der Waals surface area contributed by atoms with E-state index in [-0.39, 0.29) is 5.28 Å². The van der Waals surface area contributed by atoms with Crippen LogP contribution in [0.5, 0.6) is 0 Å². The zero-order valence-corrected chi connectivity index (χ0v) is 16.9. The zero-order valence-electron chi connectivity index (χ0n) is 15.3. The van der Waals surface area contributed by atoms with Crippen LogP contribution in [0.3, 0.4) is 0 Å². The van der Waals surface area contributed by atoms with E-state index in [1.165, 1.54) is 0 Å². The number of halogens is 1. The van der Waals surface area contributed by atoms with Crippen molar-refractivity contribution in [1.29, 1.82) is 0 Å². The number of hydrogen-bond donors (Lipinski definition) is 0. The normalized spacial score (nSPS) is 27.3. The molecule has 0 aliphatic carbocycles. The Morgan fingerprint density at radius 1 is 1.19 bits per heavy atom. The quantitative estimate of drug-likeness (QED) is 0.656. The molecule has 3 aliphatic heterocycles. The van der Waals surface area contributed by atoms with E-state index >= 15 is 0 Å². The van der Waals surface area contributed by atoms with Gasteiger partial charge in [0.1, 0.15) is 5.82 Å². The van der Waals surface area contributed by atoms with Crippen molar-refractivity contribution in [2.75, 3.05) is 50.5 Å². The van der Waals surface area contributed by atoms with Gasteiger partial charge in [0, 0.05) is 45.5 Å². The summed E-state index contributed by atoms with van der Waals surface area (Å²) in [4.78, 5) is 18.3. The Hall–Kier alpha value is -1.33. The number of rotatable bonds is 4. The van der Waals surface area contributed by atoms with Crippen molar-refractivity contribution in [3.8, 4) is 0 Å². The lowest BCUT2D eigenvalue weighted by Crippen LogP contribution is -2.78. The first-order valence-electron chi connectivity index (χ1n) is 9.08. The summed E-state index contributed by atoms with van der Waals surface area (Å²) < 4.78 is 21.1. The van der Waals surface area contributed by atoms with E-state index in [1.807, 2.05) is 11.6 Å². The maximum absolute atomic E-state index is 11.6. The van der Waals surface area contributed by atoms with Gasteiger partial charge < -0.3 is 14.2 Å². The number of hydrogen-bond acceptors (Lipinski definition) is 7. The molecule has 2 aromatic heterocycles. The van der Waals surface area contributed by atoms with Gasteiger partial charge in [0.25, 0.3) is 0 Å². The lowest BCUT2D eigenvalue weighted by atomic mass is 9.88. The van der Waals surface area contributed by atoms with Gasteiger partial charge in [0.2, 0.25) is 5.28 Å². The molecule has 11 heteroatoms. The van der Waals surface area contributed by atoms with Crippen molar-refractivity contribution in [3.63, 3.8) is 0 Å². The maximum atomic E-state index is 11.6. The zero-order chi connectivity index (χ0) is 18.7. The SMILES string of the molecule is Cn1c(CN2CC3C2CN3S(C)=O)nc2c(N3CCOCC3)nc(Cl)nc21. The second-order valence-corrected chi connectivity index (χ2v) is 8.92. The molecule has 0 N–H and O–H groups in total. The van der Waals surface area contributed by atoms with Gasteiger partial charge in [0.15, 0.2) is 17.0 Å². The largest absolute Gasteiger partial charge is 0.378 e. The monoisotopic (exact) mass is 411 g/mol. The molecule has 3 aliphatic rings. The predicted octanol–water partition coefficient (Wildman–Crippen LogP) is 0.0152. The van der Waals surface area contributed by atoms with Crippen LogP contribution in [0.25, 0.3) is 11.2 Å². The van der Waals surface area contributed by atoms with Crippen LogP contribution in [-0.2, 0) is 29.3 Å². The molecule has 27 heavy (non-hydrogen) atoms. The van der Waals surface area contributed by atoms with E-state index in [2.05, 4.69) is 24.1 Å². The van der Waals surface area contributed by atoms with Gasteiger partial charge in [-0.15, -0.1) is 0 Å². The molecule has 3 saturated heterocycles. The topological polar surface area (TPSA) is 79.6 Å². The van der Waals surface area contributed by atoms with Gasteiger partial charge in [-0.05, 0) is 11.6 Å². The van der Waals surface area contributed by atoms with E-state index in [1.54, 1.807) is 6.26 Å². The van der Waals surface area contributed by atoms with Crippen molar-refractivity contribution < 1.29 is 8.95 Å². The highest BCUT2D eigenvalue weighted by Gasteiger charge is 2.53. The molecular weight excluding hydrogens is 390 g/mol. The highest BCUT2D eigenvalue weighted by atomic mass is 35.5. The number of nitrogens with zero attached hydrogens (tertiary/aromatic N) is 7. The van der Waals surface area contributed by atoms with E-state index in [4.69, 9.17) is 21.3 Å². The van der Waals surface area contributed by atoms with Gasteiger partial charge in [-0.25, -0.2) is 13.5 Å². The van der Waals surface area contributed by atoms with E-state index < -0.39 is 11.0 Å². The van der Waals surface area contributed by atoms with Crippen LogP contribution in [0.15, 0.2) is 0 Å². The maximum Gasteiger partial charge on any atom is 0.226 e. The lowest BCUT2D eigenvalue weighted by Gasteiger charge is -2.60. The summed E-state index contributed by atoms with van der Waals surface area (Å²) in [5.41, 5.74) is 1.55. The third-order valence-electron chi connectivity index (χ3n) is 5.82. The fourth-order valence-corrected chi connectivity index (χ4v) is 5.28. The van der Waals surface area contributed by atoms with Crippen molar-refractivity contribution >= 4 is 39.6 Å². The van der Waals surface area contributed by atoms with Crippen LogP contribution < -0.4 is 4.90 Å². The Kier molecular flexibility index (Phi) is 4.36.